The predicted molar refractivity (Wildman–Crippen MR) is 70.4 cm³/mol. The van der Waals surface area contributed by atoms with Crippen molar-refractivity contribution < 1.29 is 4.74 Å². The first-order valence-corrected chi connectivity index (χ1v) is 5.07. The van der Waals surface area contributed by atoms with Crippen LogP contribution in [0.3, 0.4) is 0 Å². The van der Waals surface area contributed by atoms with E-state index in [0.29, 0.717) is 17.2 Å². The van der Waals surface area contributed by atoms with Crippen LogP contribution in [0, 0.1) is 0 Å². The molecule has 0 rings (SSSR count). The van der Waals surface area contributed by atoms with Gasteiger partial charge in [0.05, 0.1) is 5.70 Å². The van der Waals surface area contributed by atoms with E-state index in [1.54, 1.807) is 24.3 Å². The summed E-state index contributed by atoms with van der Waals surface area (Å²) in [6.45, 7) is 11.0. The van der Waals surface area contributed by atoms with Crippen molar-refractivity contribution in [2.45, 2.75) is 13.8 Å². The van der Waals surface area contributed by atoms with Crippen molar-refractivity contribution in [3.8, 4) is 0 Å². The molecule has 2 heteroatoms. The van der Waals surface area contributed by atoms with Gasteiger partial charge in [0, 0.05) is 0 Å². The highest BCUT2D eigenvalue weighted by atomic mass is 16.5. The van der Waals surface area contributed by atoms with Crippen molar-refractivity contribution in [1.82, 2.24) is 0 Å². The average molecular weight is 217 g/mol. The average Bonchev–Trinajstić information content (AvgIpc) is 2.28. The van der Waals surface area contributed by atoms with Crippen LogP contribution in [0.1, 0.15) is 13.8 Å². The highest BCUT2D eigenvalue weighted by Crippen LogP contribution is 2.12. The zero-order valence-electron chi connectivity index (χ0n) is 9.94. The zero-order chi connectivity index (χ0) is 12.4. The number of nitrogens with two attached hydrogens (primary N) is 1. The third kappa shape index (κ3) is 5.05. The summed E-state index contributed by atoms with van der Waals surface area (Å²) in [7, 11) is 0. The summed E-state index contributed by atoms with van der Waals surface area (Å²) >= 11 is 0. The second-order valence-electron chi connectivity index (χ2n) is 2.93. The summed E-state index contributed by atoms with van der Waals surface area (Å²) in [6.07, 6.45) is 12.3. The highest BCUT2D eigenvalue weighted by molar-refractivity contribution is 5.29. The Morgan fingerprint density at radius 3 is 2.19 bits per heavy atom. The van der Waals surface area contributed by atoms with Gasteiger partial charge in [0.2, 0.25) is 0 Å². The van der Waals surface area contributed by atoms with E-state index >= 15 is 0 Å². The van der Waals surface area contributed by atoms with Crippen LogP contribution < -0.4 is 5.73 Å². The third-order valence-electron chi connectivity index (χ3n) is 1.66. The summed E-state index contributed by atoms with van der Waals surface area (Å²) in [6, 6.07) is 0. The van der Waals surface area contributed by atoms with Gasteiger partial charge in [-0.25, -0.2) is 0 Å². The van der Waals surface area contributed by atoms with Crippen LogP contribution in [-0.4, -0.2) is 0 Å². The Hall–Kier alpha value is -1.96. The number of ether oxygens (including phenoxy) is 1. The Balaban J connectivity index is 5.07. The fourth-order valence-electron chi connectivity index (χ4n) is 0.972. The number of hydrogen-bond acceptors (Lipinski definition) is 2. The predicted octanol–water partition coefficient (Wildman–Crippen LogP) is 3.58. The largest absolute Gasteiger partial charge is 0.455 e. The molecule has 0 saturated heterocycles. The van der Waals surface area contributed by atoms with E-state index in [9.17, 15) is 0 Å². The molecular weight excluding hydrogens is 198 g/mol. The molecule has 0 fully saturated rings. The first kappa shape index (κ1) is 14.0. The van der Waals surface area contributed by atoms with Crippen LogP contribution in [0.15, 0.2) is 72.9 Å². The topological polar surface area (TPSA) is 35.2 Å². The van der Waals surface area contributed by atoms with Gasteiger partial charge < -0.3 is 10.5 Å². The van der Waals surface area contributed by atoms with Gasteiger partial charge in [-0.3, -0.25) is 0 Å². The molecule has 0 spiro atoms. The van der Waals surface area contributed by atoms with Gasteiger partial charge in [-0.05, 0) is 38.2 Å². The van der Waals surface area contributed by atoms with Gasteiger partial charge in [0.25, 0.3) is 0 Å². The summed E-state index contributed by atoms with van der Waals surface area (Å²) in [5.74, 6) is 1.25. The van der Waals surface area contributed by atoms with Crippen molar-refractivity contribution >= 4 is 0 Å². The van der Waals surface area contributed by atoms with E-state index in [0.717, 1.165) is 0 Å². The van der Waals surface area contributed by atoms with E-state index in [2.05, 4.69) is 13.2 Å². The summed E-state index contributed by atoms with van der Waals surface area (Å²) in [5.41, 5.74) is 6.25. The van der Waals surface area contributed by atoms with Crippen molar-refractivity contribution in [3.63, 3.8) is 0 Å². The highest BCUT2D eigenvalue weighted by Gasteiger charge is 2.00. The minimum atomic E-state index is 0.498. The summed E-state index contributed by atoms with van der Waals surface area (Å²) in [5, 5.41) is 0. The molecule has 0 aromatic heterocycles. The molecule has 0 aliphatic rings. The van der Waals surface area contributed by atoms with Crippen molar-refractivity contribution in [2.75, 3.05) is 0 Å². The molecule has 0 aliphatic heterocycles. The molecule has 0 heterocycles. The van der Waals surface area contributed by atoms with Crippen molar-refractivity contribution in [1.29, 1.82) is 0 Å². The van der Waals surface area contributed by atoms with Gasteiger partial charge in [0.15, 0.2) is 0 Å². The fourth-order valence-corrected chi connectivity index (χ4v) is 0.972. The molecule has 0 aliphatic carbocycles. The SMILES string of the molecule is C=C/C=C(\C=C/C)OC(/C=C\C)=C(\N)C=C. The molecule has 0 bridgehead atoms. The number of rotatable bonds is 6. The Morgan fingerprint density at radius 1 is 1.12 bits per heavy atom. The monoisotopic (exact) mass is 217 g/mol. The van der Waals surface area contributed by atoms with Crippen LogP contribution in [0.25, 0.3) is 0 Å². The summed E-state index contributed by atoms with van der Waals surface area (Å²) in [4.78, 5) is 0. The Labute approximate surface area is 97.8 Å². The third-order valence-corrected chi connectivity index (χ3v) is 1.66. The molecule has 86 valence electrons. The van der Waals surface area contributed by atoms with Crippen molar-refractivity contribution in [2.24, 2.45) is 5.73 Å². The lowest BCUT2D eigenvalue weighted by molar-refractivity contribution is 0.332. The second-order valence-corrected chi connectivity index (χ2v) is 2.93. The van der Waals surface area contributed by atoms with Crippen LogP contribution >= 0.6 is 0 Å². The molecule has 2 nitrogen and oxygen atoms in total. The van der Waals surface area contributed by atoms with E-state index in [1.807, 2.05) is 32.1 Å². The van der Waals surface area contributed by atoms with Crippen molar-refractivity contribution in [3.05, 3.63) is 72.9 Å². The van der Waals surface area contributed by atoms with Gasteiger partial charge in [-0.1, -0.05) is 31.4 Å². The Kier molecular flexibility index (Phi) is 7.33. The molecule has 0 unspecified atom stereocenters. The maximum atomic E-state index is 5.75. The van der Waals surface area contributed by atoms with Gasteiger partial charge in [-0.2, -0.15) is 0 Å². The lowest BCUT2D eigenvalue weighted by atomic mass is 10.3. The lowest BCUT2D eigenvalue weighted by Gasteiger charge is -2.08. The maximum absolute atomic E-state index is 5.75. The fraction of sp³-hybridized carbons (Fsp3) is 0.143. The molecular formula is C14H19NO. The lowest BCUT2D eigenvalue weighted by Crippen LogP contribution is -2.01. The van der Waals surface area contributed by atoms with E-state index in [1.165, 1.54) is 0 Å². The smallest absolute Gasteiger partial charge is 0.149 e. The Bertz CT molecular complexity index is 357. The number of allylic oxidation sites excluding steroid dienone is 7. The minimum Gasteiger partial charge on any atom is -0.455 e. The van der Waals surface area contributed by atoms with Crippen LogP contribution in [-0.2, 0) is 4.74 Å². The molecule has 16 heavy (non-hydrogen) atoms. The Morgan fingerprint density at radius 2 is 1.75 bits per heavy atom. The van der Waals surface area contributed by atoms with Gasteiger partial charge in [-0.15, -0.1) is 0 Å². The first-order valence-electron chi connectivity index (χ1n) is 5.07. The van der Waals surface area contributed by atoms with Gasteiger partial charge in [0.1, 0.15) is 11.5 Å². The van der Waals surface area contributed by atoms with E-state index in [-0.39, 0.29) is 0 Å². The standard InChI is InChI=1S/C14H19NO/c1-5-9-12(10-6-2)16-14(11-7-3)13(15)8-4/h5-11H,1,4,15H2,2-3H3/b10-6-,11-7-,12-9+,14-13-. The normalized spacial score (nSPS) is 14.0. The minimum absolute atomic E-state index is 0.498. The molecule has 2 N–H and O–H groups in total. The molecule has 0 atom stereocenters. The zero-order valence-corrected chi connectivity index (χ0v) is 9.94. The second kappa shape index (κ2) is 8.36. The maximum Gasteiger partial charge on any atom is 0.149 e. The van der Waals surface area contributed by atoms with Crippen LogP contribution in [0.4, 0.5) is 0 Å². The molecule has 0 aromatic carbocycles. The summed E-state index contributed by atoms with van der Waals surface area (Å²) < 4.78 is 5.62. The molecule has 0 saturated carbocycles. The quantitative estimate of drug-likeness (QED) is 0.545. The van der Waals surface area contributed by atoms with E-state index in [4.69, 9.17) is 10.5 Å². The van der Waals surface area contributed by atoms with E-state index < -0.39 is 0 Å². The molecule has 0 aromatic rings. The molecule has 0 amide bonds. The first-order chi connectivity index (χ1) is 7.69. The van der Waals surface area contributed by atoms with Gasteiger partial charge >= 0.3 is 0 Å². The van der Waals surface area contributed by atoms with Crippen LogP contribution in [0.2, 0.25) is 0 Å². The van der Waals surface area contributed by atoms with Crippen LogP contribution in [0.5, 0.6) is 0 Å². The molecule has 0 radical (unpaired) electrons. The number of hydrogen-bond donors (Lipinski definition) is 1.